The summed E-state index contributed by atoms with van der Waals surface area (Å²) in [7, 11) is 3.38. The van der Waals surface area contributed by atoms with E-state index in [-0.39, 0.29) is 35.7 Å². The lowest BCUT2D eigenvalue weighted by Crippen LogP contribution is -2.43. The Morgan fingerprint density at radius 2 is 1.69 bits per heavy atom. The summed E-state index contributed by atoms with van der Waals surface area (Å²) in [5.74, 6) is 0.562. The number of anilines is 3. The molecule has 2 fully saturated rings. The average Bonchev–Trinajstić information content (AvgIpc) is 3.91. The van der Waals surface area contributed by atoms with Gasteiger partial charge < -0.3 is 39.5 Å². The highest BCUT2D eigenvalue weighted by atomic mass is 19.3. The van der Waals surface area contributed by atoms with Gasteiger partial charge >= 0.3 is 12.0 Å². The number of hydrogen-bond donors (Lipinski definition) is 2. The maximum atomic E-state index is 14.7. The molecule has 2 saturated heterocycles. The lowest BCUT2D eigenvalue weighted by molar-refractivity contribution is -0.137. The smallest absolute Gasteiger partial charge is 0.338 e. The number of carboxylic acid groups (broad SMARTS) is 1. The zero-order valence-electron chi connectivity index (χ0n) is 35.3. The zero-order chi connectivity index (χ0) is 43.3. The molecule has 4 aliphatic heterocycles. The van der Waals surface area contributed by atoms with Crippen molar-refractivity contribution < 1.29 is 37.7 Å². The van der Waals surface area contributed by atoms with Crippen LogP contribution in [0.5, 0.6) is 0 Å². The number of rotatable bonds is 14. The van der Waals surface area contributed by atoms with Crippen molar-refractivity contribution in [1.82, 2.24) is 44.6 Å². The Bertz CT molecular complexity index is 2220. The predicted octanol–water partition coefficient (Wildman–Crippen LogP) is 4.99. The molecular formula is C43H55F2N11O6. The molecular weight excluding hydrogens is 805 g/mol. The van der Waals surface area contributed by atoms with Crippen LogP contribution in [-0.2, 0) is 40.7 Å². The third-order valence-electron chi connectivity index (χ3n) is 12.5. The summed E-state index contributed by atoms with van der Waals surface area (Å²) in [4.78, 5) is 53.2. The van der Waals surface area contributed by atoms with E-state index >= 15 is 0 Å². The van der Waals surface area contributed by atoms with Crippen LogP contribution in [0.4, 0.5) is 31.0 Å². The molecule has 3 aromatic heterocycles. The van der Waals surface area contributed by atoms with E-state index < -0.39 is 12.4 Å². The van der Waals surface area contributed by atoms with Crippen LogP contribution < -0.4 is 15.1 Å². The Labute approximate surface area is 359 Å². The van der Waals surface area contributed by atoms with E-state index in [9.17, 15) is 23.2 Å². The summed E-state index contributed by atoms with van der Waals surface area (Å²) in [5.41, 5.74) is 4.81. The van der Waals surface area contributed by atoms with Crippen LogP contribution in [0.1, 0.15) is 83.7 Å². The minimum Gasteiger partial charge on any atom is -0.478 e. The summed E-state index contributed by atoms with van der Waals surface area (Å²) in [6.45, 7) is 5.78. The molecule has 0 unspecified atom stereocenters. The van der Waals surface area contributed by atoms with Crippen LogP contribution in [0.2, 0.25) is 0 Å². The summed E-state index contributed by atoms with van der Waals surface area (Å²) in [5, 5.41) is 21.3. The van der Waals surface area contributed by atoms with Crippen molar-refractivity contribution in [2.75, 3.05) is 82.5 Å². The first-order valence-corrected chi connectivity index (χ1v) is 21.6. The van der Waals surface area contributed by atoms with Gasteiger partial charge in [-0.05, 0) is 74.1 Å². The number of amides is 3. The number of hydrogen-bond acceptors (Lipinski definition) is 11. The SMILES string of the molecule is CNC(=O)N1CCc2c(c(N3CCCc4cc(-c5cnn(C)c5)c(C(F)F)cc43)nn2C2CCN(C(=O)COCCCOCC3CCN(c4ncc(C(=O)O)cn4)CC3)CC2)C1. The topological polar surface area (TPSA) is 176 Å². The first kappa shape index (κ1) is 43.0. The fourth-order valence-electron chi connectivity index (χ4n) is 9.16. The number of benzene rings is 1. The van der Waals surface area contributed by atoms with Gasteiger partial charge in [-0.3, -0.25) is 14.2 Å². The van der Waals surface area contributed by atoms with E-state index in [4.69, 9.17) is 19.7 Å². The largest absolute Gasteiger partial charge is 0.478 e. The fraction of sp³-hybridized carbons (Fsp3) is 0.558. The van der Waals surface area contributed by atoms with Gasteiger partial charge in [-0.2, -0.15) is 10.2 Å². The number of alkyl halides is 2. The highest BCUT2D eigenvalue weighted by molar-refractivity contribution is 5.86. The third-order valence-corrected chi connectivity index (χ3v) is 12.5. The first-order chi connectivity index (χ1) is 30.1. The van der Waals surface area contributed by atoms with Crippen LogP contribution >= 0.6 is 0 Å². The normalized spacial score (nSPS) is 17.4. The number of urea groups is 1. The molecule has 4 aromatic rings. The predicted molar refractivity (Wildman–Crippen MR) is 225 cm³/mol. The highest BCUT2D eigenvalue weighted by Crippen LogP contribution is 2.43. The lowest BCUT2D eigenvalue weighted by Gasteiger charge is -2.34. The molecule has 0 radical (unpaired) electrons. The average molecular weight is 860 g/mol. The number of nitrogens with zero attached hydrogens (tertiary/aromatic N) is 10. The van der Waals surface area contributed by atoms with Gasteiger partial charge in [0.2, 0.25) is 11.9 Å². The maximum absolute atomic E-state index is 14.7. The van der Waals surface area contributed by atoms with Crippen LogP contribution in [-0.4, -0.2) is 135 Å². The van der Waals surface area contributed by atoms with Crippen molar-refractivity contribution in [3.8, 4) is 11.1 Å². The molecule has 4 aliphatic rings. The maximum Gasteiger partial charge on any atom is 0.338 e. The number of likely N-dealkylation sites (tertiary alicyclic amines) is 1. The molecule has 0 saturated carbocycles. The second-order valence-corrected chi connectivity index (χ2v) is 16.5. The molecule has 1 aromatic carbocycles. The Kier molecular flexibility index (Phi) is 13.3. The van der Waals surface area contributed by atoms with E-state index in [0.717, 1.165) is 55.6 Å². The third kappa shape index (κ3) is 9.38. The van der Waals surface area contributed by atoms with Crippen molar-refractivity contribution >= 4 is 35.4 Å². The van der Waals surface area contributed by atoms with E-state index in [1.807, 2.05) is 11.0 Å². The van der Waals surface area contributed by atoms with Crippen LogP contribution in [0.15, 0.2) is 36.9 Å². The summed E-state index contributed by atoms with van der Waals surface area (Å²) in [6, 6.07) is 3.35. The van der Waals surface area contributed by atoms with Crippen LogP contribution in [0, 0.1) is 5.92 Å². The van der Waals surface area contributed by atoms with E-state index in [0.29, 0.717) is 113 Å². The molecule has 8 rings (SSSR count). The number of halogens is 2. The molecule has 0 aliphatic carbocycles. The summed E-state index contributed by atoms with van der Waals surface area (Å²) >= 11 is 0. The zero-order valence-corrected chi connectivity index (χ0v) is 35.3. The van der Waals surface area contributed by atoms with Gasteiger partial charge in [-0.15, -0.1) is 0 Å². The molecule has 0 atom stereocenters. The molecule has 2 N–H and O–H groups in total. The number of aromatic carboxylic acids is 1. The van der Waals surface area contributed by atoms with Gasteiger partial charge in [0.15, 0.2) is 5.82 Å². The molecule has 0 bridgehead atoms. The Morgan fingerprint density at radius 3 is 2.39 bits per heavy atom. The van der Waals surface area contributed by atoms with E-state index in [1.165, 1.54) is 12.4 Å². The summed E-state index contributed by atoms with van der Waals surface area (Å²) < 4.78 is 44.8. The Balaban J connectivity index is 0.838. The molecule has 62 heavy (non-hydrogen) atoms. The number of carboxylic acids is 1. The van der Waals surface area contributed by atoms with Gasteiger partial charge in [0.25, 0.3) is 6.43 Å². The lowest BCUT2D eigenvalue weighted by atomic mass is 9.92. The molecule has 332 valence electrons. The van der Waals surface area contributed by atoms with Gasteiger partial charge in [0, 0.05) is 126 Å². The van der Waals surface area contributed by atoms with Crippen molar-refractivity contribution in [2.24, 2.45) is 13.0 Å². The van der Waals surface area contributed by atoms with Gasteiger partial charge in [0.1, 0.15) is 6.61 Å². The Morgan fingerprint density at radius 1 is 0.935 bits per heavy atom. The van der Waals surface area contributed by atoms with Crippen molar-refractivity contribution in [1.29, 1.82) is 0 Å². The number of carbonyl (C=O) groups excluding carboxylic acids is 2. The molecule has 0 spiro atoms. The second kappa shape index (κ2) is 19.1. The number of fused-ring (bicyclic) bond motifs is 2. The van der Waals surface area contributed by atoms with Crippen molar-refractivity contribution in [3.05, 3.63) is 64.9 Å². The van der Waals surface area contributed by atoms with Crippen molar-refractivity contribution in [2.45, 2.75) is 70.4 Å². The molecule has 19 heteroatoms. The monoisotopic (exact) mass is 859 g/mol. The number of aryl methyl sites for hydroxylation is 2. The van der Waals surface area contributed by atoms with E-state index in [1.54, 1.807) is 42.1 Å². The highest BCUT2D eigenvalue weighted by Gasteiger charge is 2.35. The number of ether oxygens (including phenoxy) is 2. The molecule has 17 nitrogen and oxygen atoms in total. The van der Waals surface area contributed by atoms with Crippen LogP contribution in [0.3, 0.4) is 0 Å². The number of aromatic nitrogens is 6. The number of nitrogens with one attached hydrogen (secondary N) is 1. The van der Waals surface area contributed by atoms with Gasteiger partial charge in [-0.25, -0.2) is 28.3 Å². The van der Waals surface area contributed by atoms with Crippen LogP contribution in [0.25, 0.3) is 11.1 Å². The standard InChI is InChI=1S/C43H55F2N11O6/c1-46-43(60)54-16-10-36-35(25-54)40(55-11-3-5-29-19-33(31-23-49-51(2)24-31)34(39(44)45)20-37(29)55)50-56(36)32-8-14-52(15-9-32)38(57)27-62-18-4-17-61-26-28-6-12-53(13-7-28)42-47-21-30(22-48-42)41(58)59/h19-24,28,32,39H,3-18,25-27H2,1-2H3,(H,46,60)(H,58,59). The minimum absolute atomic E-state index is 0.00670. The molecule has 3 amide bonds. The number of piperidine rings is 2. The van der Waals surface area contributed by atoms with Gasteiger partial charge in [0.05, 0.1) is 24.3 Å². The quantitative estimate of drug-likeness (QED) is 0.163. The fourth-order valence-corrected chi connectivity index (χ4v) is 9.16. The van der Waals surface area contributed by atoms with E-state index in [2.05, 4.69) is 34.9 Å². The minimum atomic E-state index is -2.69. The first-order valence-electron chi connectivity index (χ1n) is 21.6. The second-order valence-electron chi connectivity index (χ2n) is 16.5. The Hall–Kier alpha value is -5.69. The molecule has 7 heterocycles. The van der Waals surface area contributed by atoms with Crippen molar-refractivity contribution in [3.63, 3.8) is 0 Å². The van der Waals surface area contributed by atoms with Gasteiger partial charge in [-0.1, -0.05) is 0 Å². The summed E-state index contributed by atoms with van der Waals surface area (Å²) in [6.07, 6.45) is 9.46. The number of carbonyl (C=O) groups is 3.